The van der Waals surface area contributed by atoms with Crippen LogP contribution in [0, 0.1) is 12.3 Å². The van der Waals surface area contributed by atoms with Crippen LogP contribution in [0.2, 0.25) is 0 Å². The summed E-state index contributed by atoms with van der Waals surface area (Å²) < 4.78 is 4.94. The van der Waals surface area contributed by atoms with E-state index in [9.17, 15) is 9.59 Å². The zero-order valence-electron chi connectivity index (χ0n) is 15.9. The predicted molar refractivity (Wildman–Crippen MR) is 105 cm³/mol. The zero-order valence-corrected chi connectivity index (χ0v) is 15.9. The van der Waals surface area contributed by atoms with Crippen molar-refractivity contribution in [2.75, 3.05) is 26.8 Å². The Bertz CT molecular complexity index is 849. The number of nitrogens with two attached hydrogens (primary N) is 1. The van der Waals surface area contributed by atoms with Gasteiger partial charge in [-0.2, -0.15) is 0 Å². The van der Waals surface area contributed by atoms with Crippen LogP contribution in [0.15, 0.2) is 48.5 Å². The van der Waals surface area contributed by atoms with E-state index in [1.54, 1.807) is 4.90 Å². The Hall–Kier alpha value is -2.66. The molecule has 0 radical (unpaired) electrons. The number of hydrogen-bond donors (Lipinski definition) is 1. The Morgan fingerprint density at radius 2 is 1.96 bits per heavy atom. The number of primary amides is 1. The smallest absolute Gasteiger partial charge is 0.248 e. The SMILES string of the molecule is COCC(=O)N1CC[C@@](Cc2ccccc2-c2cccc(C)c2)(C(N)=O)C1. The summed E-state index contributed by atoms with van der Waals surface area (Å²) >= 11 is 0. The van der Waals surface area contributed by atoms with E-state index in [0.29, 0.717) is 25.9 Å². The van der Waals surface area contributed by atoms with Crippen molar-refractivity contribution >= 4 is 11.8 Å². The molecule has 1 aliphatic rings. The number of benzene rings is 2. The number of rotatable bonds is 6. The molecule has 3 rings (SSSR count). The molecule has 1 heterocycles. The normalized spacial score (nSPS) is 19.3. The highest BCUT2D eigenvalue weighted by molar-refractivity contribution is 5.85. The number of amides is 2. The molecule has 2 aromatic carbocycles. The van der Waals surface area contributed by atoms with Crippen molar-refractivity contribution in [1.29, 1.82) is 0 Å². The molecule has 1 fully saturated rings. The summed E-state index contributed by atoms with van der Waals surface area (Å²) in [6.07, 6.45) is 1.09. The molecule has 2 aromatic rings. The van der Waals surface area contributed by atoms with Crippen LogP contribution in [0.25, 0.3) is 11.1 Å². The Kier molecular flexibility index (Phi) is 5.61. The summed E-state index contributed by atoms with van der Waals surface area (Å²) in [6.45, 7) is 2.95. The summed E-state index contributed by atoms with van der Waals surface area (Å²) in [6, 6.07) is 16.4. The first-order chi connectivity index (χ1) is 12.9. The van der Waals surface area contributed by atoms with Crippen LogP contribution in [-0.2, 0) is 20.7 Å². The van der Waals surface area contributed by atoms with E-state index in [0.717, 1.165) is 16.7 Å². The standard InChI is InChI=1S/C22H26N2O3/c1-16-6-5-8-17(12-16)19-9-4-3-7-18(19)13-22(21(23)26)10-11-24(15-22)20(25)14-27-2/h3-9,12H,10-11,13-15H2,1-2H3,(H2,23,26)/t22-/m0/s1. The van der Waals surface area contributed by atoms with Gasteiger partial charge in [0, 0.05) is 20.2 Å². The van der Waals surface area contributed by atoms with Gasteiger partial charge in [0.2, 0.25) is 11.8 Å². The Morgan fingerprint density at radius 1 is 1.19 bits per heavy atom. The average Bonchev–Trinajstić information content (AvgIpc) is 3.08. The molecule has 1 aliphatic heterocycles. The highest BCUT2D eigenvalue weighted by Crippen LogP contribution is 2.37. The molecule has 1 atom stereocenters. The van der Waals surface area contributed by atoms with Gasteiger partial charge in [-0.25, -0.2) is 0 Å². The van der Waals surface area contributed by atoms with Crippen molar-refractivity contribution in [1.82, 2.24) is 4.90 Å². The number of likely N-dealkylation sites (tertiary alicyclic amines) is 1. The maximum atomic E-state index is 12.4. The molecule has 0 aromatic heterocycles. The van der Waals surface area contributed by atoms with Crippen LogP contribution in [0.4, 0.5) is 0 Å². The lowest BCUT2D eigenvalue weighted by molar-refractivity contribution is -0.135. The fourth-order valence-corrected chi connectivity index (χ4v) is 3.87. The van der Waals surface area contributed by atoms with E-state index in [4.69, 9.17) is 10.5 Å². The van der Waals surface area contributed by atoms with Gasteiger partial charge in [0.15, 0.2) is 0 Å². The topological polar surface area (TPSA) is 72.6 Å². The van der Waals surface area contributed by atoms with E-state index in [2.05, 4.69) is 31.2 Å². The molecule has 2 amide bonds. The number of nitrogens with zero attached hydrogens (tertiary/aromatic N) is 1. The number of ether oxygens (including phenoxy) is 1. The fourth-order valence-electron chi connectivity index (χ4n) is 3.87. The molecule has 27 heavy (non-hydrogen) atoms. The summed E-state index contributed by atoms with van der Waals surface area (Å²) in [7, 11) is 1.49. The van der Waals surface area contributed by atoms with Gasteiger partial charge < -0.3 is 15.4 Å². The van der Waals surface area contributed by atoms with Crippen molar-refractivity contribution < 1.29 is 14.3 Å². The third kappa shape index (κ3) is 4.03. The number of carbonyl (C=O) groups excluding carboxylic acids is 2. The summed E-state index contributed by atoms with van der Waals surface area (Å²) in [5.74, 6) is -0.457. The van der Waals surface area contributed by atoms with Gasteiger partial charge in [0.05, 0.1) is 5.41 Å². The van der Waals surface area contributed by atoms with Gasteiger partial charge >= 0.3 is 0 Å². The fraction of sp³-hybridized carbons (Fsp3) is 0.364. The highest BCUT2D eigenvalue weighted by Gasteiger charge is 2.45. The maximum absolute atomic E-state index is 12.4. The first-order valence-corrected chi connectivity index (χ1v) is 9.17. The van der Waals surface area contributed by atoms with E-state index in [1.807, 2.05) is 24.3 Å². The van der Waals surface area contributed by atoms with Crippen LogP contribution in [-0.4, -0.2) is 43.5 Å². The zero-order chi connectivity index (χ0) is 19.4. The summed E-state index contributed by atoms with van der Waals surface area (Å²) in [5, 5.41) is 0. The molecule has 5 heteroatoms. The van der Waals surface area contributed by atoms with Crippen LogP contribution in [0.1, 0.15) is 17.5 Å². The minimum atomic E-state index is -0.747. The predicted octanol–water partition coefficient (Wildman–Crippen LogP) is 2.55. The number of carbonyl (C=O) groups is 2. The van der Waals surface area contributed by atoms with Gasteiger partial charge in [0.25, 0.3) is 0 Å². The molecule has 2 N–H and O–H groups in total. The number of methoxy groups -OCH3 is 1. The molecular formula is C22H26N2O3. The van der Waals surface area contributed by atoms with Crippen molar-refractivity contribution in [2.45, 2.75) is 19.8 Å². The third-order valence-corrected chi connectivity index (χ3v) is 5.37. The molecule has 0 saturated carbocycles. The quantitative estimate of drug-likeness (QED) is 0.854. The molecule has 5 nitrogen and oxygen atoms in total. The van der Waals surface area contributed by atoms with Crippen molar-refractivity contribution in [2.24, 2.45) is 11.1 Å². The Morgan fingerprint density at radius 3 is 2.67 bits per heavy atom. The van der Waals surface area contributed by atoms with Gasteiger partial charge in [-0.3, -0.25) is 9.59 Å². The van der Waals surface area contributed by atoms with Gasteiger partial charge in [0.1, 0.15) is 6.61 Å². The maximum Gasteiger partial charge on any atom is 0.248 e. The molecule has 0 aliphatic carbocycles. The van der Waals surface area contributed by atoms with E-state index in [1.165, 1.54) is 12.7 Å². The van der Waals surface area contributed by atoms with Gasteiger partial charge in [-0.1, -0.05) is 54.1 Å². The minimum Gasteiger partial charge on any atom is -0.375 e. The second kappa shape index (κ2) is 7.92. The first kappa shape index (κ1) is 19.1. The van der Waals surface area contributed by atoms with Crippen molar-refractivity contribution in [3.05, 3.63) is 59.7 Å². The van der Waals surface area contributed by atoms with E-state index in [-0.39, 0.29) is 18.4 Å². The summed E-state index contributed by atoms with van der Waals surface area (Å²) in [5.41, 5.74) is 9.55. The van der Waals surface area contributed by atoms with Crippen LogP contribution < -0.4 is 5.73 Å². The average molecular weight is 366 g/mol. The Labute approximate surface area is 160 Å². The van der Waals surface area contributed by atoms with Crippen molar-refractivity contribution in [3.63, 3.8) is 0 Å². The lowest BCUT2D eigenvalue weighted by atomic mass is 9.78. The highest BCUT2D eigenvalue weighted by atomic mass is 16.5. The lowest BCUT2D eigenvalue weighted by Gasteiger charge is -2.27. The van der Waals surface area contributed by atoms with Gasteiger partial charge in [-0.05, 0) is 36.5 Å². The molecular weight excluding hydrogens is 340 g/mol. The molecule has 0 unspecified atom stereocenters. The largest absolute Gasteiger partial charge is 0.375 e. The molecule has 1 saturated heterocycles. The van der Waals surface area contributed by atoms with Crippen LogP contribution in [0.5, 0.6) is 0 Å². The lowest BCUT2D eigenvalue weighted by Crippen LogP contribution is -2.43. The molecule has 142 valence electrons. The second-order valence-corrected chi connectivity index (χ2v) is 7.35. The Balaban J connectivity index is 1.91. The molecule has 0 spiro atoms. The minimum absolute atomic E-state index is 0.0225. The first-order valence-electron chi connectivity index (χ1n) is 9.17. The van der Waals surface area contributed by atoms with Gasteiger partial charge in [-0.15, -0.1) is 0 Å². The number of aryl methyl sites for hydroxylation is 1. The number of hydrogen-bond acceptors (Lipinski definition) is 3. The second-order valence-electron chi connectivity index (χ2n) is 7.35. The van der Waals surface area contributed by atoms with E-state index >= 15 is 0 Å². The monoisotopic (exact) mass is 366 g/mol. The van der Waals surface area contributed by atoms with Crippen molar-refractivity contribution in [3.8, 4) is 11.1 Å². The third-order valence-electron chi connectivity index (χ3n) is 5.37. The molecule has 0 bridgehead atoms. The van der Waals surface area contributed by atoms with Crippen LogP contribution in [0.3, 0.4) is 0 Å². The van der Waals surface area contributed by atoms with Crippen LogP contribution >= 0.6 is 0 Å². The van der Waals surface area contributed by atoms with E-state index < -0.39 is 5.41 Å². The summed E-state index contributed by atoms with van der Waals surface area (Å²) in [4.78, 5) is 26.3.